The van der Waals surface area contributed by atoms with Crippen LogP contribution in [0, 0.1) is 0 Å². The van der Waals surface area contributed by atoms with Crippen molar-refractivity contribution in [2.24, 2.45) is 0 Å². The molecule has 18 heavy (non-hydrogen) atoms. The average Bonchev–Trinajstić information content (AvgIpc) is 2.37. The molecule has 0 heterocycles. The lowest BCUT2D eigenvalue weighted by molar-refractivity contribution is -0.137. The maximum Gasteiger partial charge on any atom is 0.161 e. The van der Waals surface area contributed by atoms with E-state index in [1.807, 2.05) is 13.8 Å². The van der Waals surface area contributed by atoms with Crippen molar-refractivity contribution in [3.8, 4) is 11.5 Å². The smallest absolute Gasteiger partial charge is 0.161 e. The number of hydroxylamine groups is 2. The largest absolute Gasteiger partial charge is 0.493 e. The number of methoxy groups -OCH3 is 2. The summed E-state index contributed by atoms with van der Waals surface area (Å²) in [6.07, 6.45) is -0.780. The zero-order chi connectivity index (χ0) is 13.7. The van der Waals surface area contributed by atoms with E-state index < -0.39 is 6.10 Å². The van der Waals surface area contributed by atoms with E-state index in [-0.39, 0.29) is 12.6 Å². The Bertz CT molecular complexity index is 381. The van der Waals surface area contributed by atoms with E-state index in [4.69, 9.17) is 9.47 Å². The molecule has 0 aliphatic rings. The minimum atomic E-state index is -0.780. The molecule has 102 valence electrons. The normalized spacial score (nSPS) is 12.9. The van der Waals surface area contributed by atoms with Crippen LogP contribution >= 0.6 is 0 Å². The first-order chi connectivity index (χ1) is 8.49. The summed E-state index contributed by atoms with van der Waals surface area (Å²) in [6, 6.07) is 5.14. The molecule has 1 atom stereocenters. The molecule has 0 spiro atoms. The third-order valence-corrected chi connectivity index (χ3v) is 2.75. The van der Waals surface area contributed by atoms with Crippen LogP contribution in [0.25, 0.3) is 0 Å². The van der Waals surface area contributed by atoms with Crippen LogP contribution in [0.1, 0.15) is 25.5 Å². The summed E-state index contributed by atoms with van der Waals surface area (Å²) in [5.41, 5.74) is 0.673. The van der Waals surface area contributed by atoms with Gasteiger partial charge in [-0.15, -0.1) is 0 Å². The predicted molar refractivity (Wildman–Crippen MR) is 68.1 cm³/mol. The van der Waals surface area contributed by atoms with Gasteiger partial charge in [-0.2, -0.15) is 5.06 Å². The Morgan fingerprint density at radius 1 is 1.17 bits per heavy atom. The zero-order valence-corrected chi connectivity index (χ0v) is 11.3. The van der Waals surface area contributed by atoms with Gasteiger partial charge in [0.15, 0.2) is 11.5 Å². The molecule has 5 heteroatoms. The summed E-state index contributed by atoms with van der Waals surface area (Å²) in [7, 11) is 3.10. The highest BCUT2D eigenvalue weighted by Gasteiger charge is 2.16. The average molecular weight is 255 g/mol. The lowest BCUT2D eigenvalue weighted by Crippen LogP contribution is -2.31. The lowest BCUT2D eigenvalue weighted by atomic mass is 10.1. The fourth-order valence-corrected chi connectivity index (χ4v) is 1.55. The van der Waals surface area contributed by atoms with Crippen LogP contribution in [0.2, 0.25) is 0 Å². The first-order valence-corrected chi connectivity index (χ1v) is 5.85. The van der Waals surface area contributed by atoms with Crippen LogP contribution in [0.4, 0.5) is 0 Å². The number of nitrogens with zero attached hydrogens (tertiary/aromatic N) is 1. The molecule has 0 bridgehead atoms. The minimum absolute atomic E-state index is 0.0419. The Kier molecular flexibility index (Phi) is 5.40. The molecular weight excluding hydrogens is 234 g/mol. The zero-order valence-electron chi connectivity index (χ0n) is 11.3. The second-order valence-corrected chi connectivity index (χ2v) is 4.35. The lowest BCUT2D eigenvalue weighted by Gasteiger charge is -2.22. The van der Waals surface area contributed by atoms with Gasteiger partial charge in [0.05, 0.1) is 26.9 Å². The fraction of sp³-hybridized carbons (Fsp3) is 0.538. The van der Waals surface area contributed by atoms with Crippen molar-refractivity contribution in [1.82, 2.24) is 5.06 Å². The van der Waals surface area contributed by atoms with E-state index in [1.54, 1.807) is 32.4 Å². The van der Waals surface area contributed by atoms with Gasteiger partial charge in [-0.3, -0.25) is 0 Å². The Morgan fingerprint density at radius 2 is 1.78 bits per heavy atom. The molecule has 1 unspecified atom stereocenters. The first kappa shape index (κ1) is 14.8. The number of rotatable bonds is 6. The monoisotopic (exact) mass is 255 g/mol. The van der Waals surface area contributed by atoms with E-state index in [9.17, 15) is 10.3 Å². The van der Waals surface area contributed by atoms with E-state index >= 15 is 0 Å². The van der Waals surface area contributed by atoms with Crippen molar-refractivity contribution in [1.29, 1.82) is 0 Å². The van der Waals surface area contributed by atoms with Gasteiger partial charge in [0, 0.05) is 6.04 Å². The van der Waals surface area contributed by atoms with Gasteiger partial charge in [-0.1, -0.05) is 6.07 Å². The standard InChI is InChI=1S/C13H21NO4/c1-9(2)14(16)8-11(15)10-5-6-12(17-3)13(7-10)18-4/h5-7,9,11,15-16H,8H2,1-4H3. The Hall–Kier alpha value is -1.30. The van der Waals surface area contributed by atoms with Gasteiger partial charge in [0.1, 0.15) is 0 Å². The van der Waals surface area contributed by atoms with Gasteiger partial charge in [0.25, 0.3) is 0 Å². The maximum atomic E-state index is 10.0. The summed E-state index contributed by atoms with van der Waals surface area (Å²) in [5.74, 6) is 1.17. The van der Waals surface area contributed by atoms with Gasteiger partial charge in [0.2, 0.25) is 0 Å². The Balaban J connectivity index is 2.83. The molecule has 2 N–H and O–H groups in total. The number of hydrogen-bond donors (Lipinski definition) is 2. The Labute approximate surface area is 108 Å². The summed E-state index contributed by atoms with van der Waals surface area (Å²) < 4.78 is 10.3. The highest BCUT2D eigenvalue weighted by atomic mass is 16.5. The summed E-state index contributed by atoms with van der Waals surface area (Å²) in [4.78, 5) is 0. The summed E-state index contributed by atoms with van der Waals surface area (Å²) in [5, 5.41) is 20.7. The van der Waals surface area contributed by atoms with Crippen molar-refractivity contribution in [3.63, 3.8) is 0 Å². The number of ether oxygens (including phenoxy) is 2. The van der Waals surface area contributed by atoms with Crippen molar-refractivity contribution < 1.29 is 19.8 Å². The molecule has 0 radical (unpaired) electrons. The van der Waals surface area contributed by atoms with Crippen LogP contribution < -0.4 is 9.47 Å². The van der Waals surface area contributed by atoms with Gasteiger partial charge in [-0.05, 0) is 31.5 Å². The fourth-order valence-electron chi connectivity index (χ4n) is 1.55. The molecule has 5 nitrogen and oxygen atoms in total. The van der Waals surface area contributed by atoms with Gasteiger partial charge < -0.3 is 19.8 Å². The van der Waals surface area contributed by atoms with E-state index in [0.29, 0.717) is 17.1 Å². The van der Waals surface area contributed by atoms with Crippen LogP contribution in [0.3, 0.4) is 0 Å². The predicted octanol–water partition coefficient (Wildman–Crippen LogP) is 1.84. The van der Waals surface area contributed by atoms with Crippen molar-refractivity contribution in [2.75, 3.05) is 20.8 Å². The first-order valence-electron chi connectivity index (χ1n) is 5.85. The van der Waals surface area contributed by atoms with Crippen LogP contribution in [-0.4, -0.2) is 42.2 Å². The molecule has 0 aliphatic heterocycles. The quantitative estimate of drug-likeness (QED) is 0.759. The third-order valence-electron chi connectivity index (χ3n) is 2.75. The number of hydrogen-bond acceptors (Lipinski definition) is 5. The van der Waals surface area contributed by atoms with Crippen LogP contribution in [0.5, 0.6) is 11.5 Å². The molecule has 0 saturated carbocycles. The third kappa shape index (κ3) is 3.60. The Morgan fingerprint density at radius 3 is 2.28 bits per heavy atom. The highest BCUT2D eigenvalue weighted by Crippen LogP contribution is 2.30. The SMILES string of the molecule is COc1ccc(C(O)CN(O)C(C)C)cc1OC. The maximum absolute atomic E-state index is 10.0. The van der Waals surface area contributed by atoms with Crippen molar-refractivity contribution >= 4 is 0 Å². The molecule has 1 aromatic rings. The number of aliphatic hydroxyl groups excluding tert-OH is 1. The van der Waals surface area contributed by atoms with E-state index in [2.05, 4.69) is 0 Å². The second kappa shape index (κ2) is 6.58. The molecular formula is C13H21NO4. The molecule has 0 saturated heterocycles. The molecule has 0 fully saturated rings. The number of aliphatic hydroxyl groups is 1. The molecule has 0 amide bonds. The molecule has 0 aliphatic carbocycles. The van der Waals surface area contributed by atoms with Crippen LogP contribution in [0.15, 0.2) is 18.2 Å². The van der Waals surface area contributed by atoms with Gasteiger partial charge >= 0.3 is 0 Å². The van der Waals surface area contributed by atoms with Crippen molar-refractivity contribution in [2.45, 2.75) is 26.0 Å². The van der Waals surface area contributed by atoms with Crippen molar-refractivity contribution in [3.05, 3.63) is 23.8 Å². The topological polar surface area (TPSA) is 62.2 Å². The summed E-state index contributed by atoms with van der Waals surface area (Å²) >= 11 is 0. The minimum Gasteiger partial charge on any atom is -0.493 e. The number of benzene rings is 1. The summed E-state index contributed by atoms with van der Waals surface area (Å²) in [6.45, 7) is 3.84. The van der Waals surface area contributed by atoms with E-state index in [0.717, 1.165) is 5.06 Å². The molecule has 0 aromatic heterocycles. The second-order valence-electron chi connectivity index (χ2n) is 4.35. The molecule has 1 aromatic carbocycles. The molecule has 1 rings (SSSR count). The highest BCUT2D eigenvalue weighted by molar-refractivity contribution is 5.43. The van der Waals surface area contributed by atoms with Gasteiger partial charge in [-0.25, -0.2) is 0 Å². The van der Waals surface area contributed by atoms with Crippen LogP contribution in [-0.2, 0) is 0 Å². The van der Waals surface area contributed by atoms with E-state index in [1.165, 1.54) is 0 Å².